The molecule has 2 heterocycles. The molecule has 2 rings (SSSR count). The highest BCUT2D eigenvalue weighted by Gasteiger charge is 2.21. The lowest BCUT2D eigenvalue weighted by atomic mass is 10.2. The van der Waals surface area contributed by atoms with Crippen molar-refractivity contribution in [2.75, 3.05) is 11.4 Å². The van der Waals surface area contributed by atoms with Crippen LogP contribution in [-0.2, 0) is 0 Å². The molecule has 0 unspecified atom stereocenters. The topological polar surface area (TPSA) is 16.1 Å². The first-order valence-electron chi connectivity index (χ1n) is 4.76. The van der Waals surface area contributed by atoms with E-state index in [1.807, 2.05) is 12.1 Å². The summed E-state index contributed by atoms with van der Waals surface area (Å²) in [6.45, 7) is 3.30. The molecule has 0 aliphatic carbocycles. The molecule has 1 aromatic rings. The molecule has 0 bridgehead atoms. The number of hydrogen-bond acceptors (Lipinski definition) is 2. The van der Waals surface area contributed by atoms with E-state index < -0.39 is 0 Å². The molecule has 0 spiro atoms. The first kappa shape index (κ1) is 10.1. The van der Waals surface area contributed by atoms with E-state index in [9.17, 15) is 0 Å². The predicted molar refractivity (Wildman–Crippen MR) is 60.3 cm³/mol. The molecule has 0 N–H and O–H groups in total. The van der Waals surface area contributed by atoms with Gasteiger partial charge in [0, 0.05) is 18.3 Å². The van der Waals surface area contributed by atoms with Crippen molar-refractivity contribution in [3.05, 3.63) is 22.4 Å². The van der Waals surface area contributed by atoms with Gasteiger partial charge in [-0.3, -0.25) is 0 Å². The van der Waals surface area contributed by atoms with E-state index in [-0.39, 0.29) is 0 Å². The summed E-state index contributed by atoms with van der Waals surface area (Å²) in [5.74, 6) is 0. The van der Waals surface area contributed by atoms with Gasteiger partial charge in [-0.15, -0.1) is 0 Å². The molecular formula is C10H12Cl2N2. The van der Waals surface area contributed by atoms with Crippen molar-refractivity contribution in [2.45, 2.75) is 25.8 Å². The monoisotopic (exact) mass is 230 g/mol. The van der Waals surface area contributed by atoms with E-state index >= 15 is 0 Å². The molecule has 0 radical (unpaired) electrons. The number of aromatic nitrogens is 1. The minimum absolute atomic E-state index is 0.464. The molecule has 1 atom stereocenters. The fraction of sp³-hybridized carbons (Fsp3) is 0.500. The second-order valence-electron chi connectivity index (χ2n) is 3.66. The Hall–Kier alpha value is -0.470. The minimum Gasteiger partial charge on any atom is -0.369 e. The van der Waals surface area contributed by atoms with Gasteiger partial charge in [0.15, 0.2) is 0 Å². The van der Waals surface area contributed by atoms with Crippen LogP contribution in [0.4, 0.5) is 5.69 Å². The van der Waals surface area contributed by atoms with Crippen LogP contribution in [0.15, 0.2) is 12.1 Å². The maximum absolute atomic E-state index is 5.85. The fourth-order valence-corrected chi connectivity index (χ4v) is 2.38. The highest BCUT2D eigenvalue weighted by molar-refractivity contribution is 6.32. The van der Waals surface area contributed by atoms with E-state index in [0.717, 1.165) is 12.2 Å². The Bertz CT molecular complexity index is 321. The van der Waals surface area contributed by atoms with Crippen LogP contribution in [0.25, 0.3) is 0 Å². The zero-order valence-electron chi connectivity index (χ0n) is 8.00. The van der Waals surface area contributed by atoms with Crippen molar-refractivity contribution in [3.63, 3.8) is 0 Å². The summed E-state index contributed by atoms with van der Waals surface area (Å²) in [5.41, 5.74) is 1.08. The molecule has 1 saturated heterocycles. The van der Waals surface area contributed by atoms with E-state index in [0.29, 0.717) is 16.3 Å². The third-order valence-electron chi connectivity index (χ3n) is 2.63. The molecule has 76 valence electrons. The van der Waals surface area contributed by atoms with Crippen molar-refractivity contribution in [1.82, 2.24) is 4.98 Å². The van der Waals surface area contributed by atoms with Crippen molar-refractivity contribution in [2.24, 2.45) is 0 Å². The van der Waals surface area contributed by atoms with Gasteiger partial charge >= 0.3 is 0 Å². The second-order valence-corrected chi connectivity index (χ2v) is 4.43. The van der Waals surface area contributed by atoms with Gasteiger partial charge in [0.25, 0.3) is 0 Å². The Morgan fingerprint density at radius 1 is 1.36 bits per heavy atom. The maximum atomic E-state index is 5.85. The van der Waals surface area contributed by atoms with Gasteiger partial charge in [0.2, 0.25) is 0 Å². The van der Waals surface area contributed by atoms with Crippen LogP contribution < -0.4 is 4.90 Å². The molecule has 4 heteroatoms. The molecule has 0 saturated carbocycles. The quantitative estimate of drug-likeness (QED) is 0.689. The SMILES string of the molecule is C[C@@H]1CCCN1c1cc(Cl)nc(Cl)c1. The Labute approximate surface area is 93.8 Å². The molecule has 1 aromatic heterocycles. The number of hydrogen-bond donors (Lipinski definition) is 0. The van der Waals surface area contributed by atoms with Crippen LogP contribution >= 0.6 is 23.2 Å². The lowest BCUT2D eigenvalue weighted by Crippen LogP contribution is -2.26. The Morgan fingerprint density at radius 2 is 2.00 bits per heavy atom. The van der Waals surface area contributed by atoms with Crippen molar-refractivity contribution < 1.29 is 0 Å². The number of halogens is 2. The van der Waals surface area contributed by atoms with Crippen LogP contribution in [-0.4, -0.2) is 17.6 Å². The summed E-state index contributed by atoms with van der Waals surface area (Å²) in [5, 5.41) is 0.929. The van der Waals surface area contributed by atoms with Crippen molar-refractivity contribution >= 4 is 28.9 Å². The highest BCUT2D eigenvalue weighted by Crippen LogP contribution is 2.28. The van der Waals surface area contributed by atoms with Gasteiger partial charge in [-0.25, -0.2) is 4.98 Å². The third kappa shape index (κ3) is 1.96. The second kappa shape index (κ2) is 3.95. The summed E-state index contributed by atoms with van der Waals surface area (Å²) in [6, 6.07) is 4.31. The summed E-state index contributed by atoms with van der Waals surface area (Å²) >= 11 is 11.7. The van der Waals surface area contributed by atoms with Gasteiger partial charge in [-0.2, -0.15) is 0 Å². The van der Waals surface area contributed by atoms with Crippen LogP contribution in [0, 0.1) is 0 Å². The van der Waals surface area contributed by atoms with Crippen molar-refractivity contribution in [3.8, 4) is 0 Å². The van der Waals surface area contributed by atoms with Gasteiger partial charge in [-0.1, -0.05) is 23.2 Å². The molecule has 1 aliphatic heterocycles. The first-order chi connectivity index (χ1) is 6.66. The van der Waals surface area contributed by atoms with E-state index in [2.05, 4.69) is 16.8 Å². The smallest absolute Gasteiger partial charge is 0.132 e. The largest absolute Gasteiger partial charge is 0.369 e. The van der Waals surface area contributed by atoms with Crippen LogP contribution in [0.5, 0.6) is 0 Å². The molecule has 0 amide bonds. The number of rotatable bonds is 1. The highest BCUT2D eigenvalue weighted by atomic mass is 35.5. The minimum atomic E-state index is 0.464. The number of nitrogens with zero attached hydrogens (tertiary/aromatic N) is 2. The number of pyridine rings is 1. The molecule has 0 aromatic carbocycles. The average Bonchev–Trinajstić information content (AvgIpc) is 2.49. The van der Waals surface area contributed by atoms with Gasteiger partial charge in [-0.05, 0) is 31.9 Å². The van der Waals surface area contributed by atoms with Crippen molar-refractivity contribution in [1.29, 1.82) is 0 Å². The molecule has 1 aliphatic rings. The lowest BCUT2D eigenvalue weighted by molar-refractivity contribution is 0.735. The van der Waals surface area contributed by atoms with Gasteiger partial charge in [0.05, 0.1) is 0 Å². The third-order valence-corrected chi connectivity index (χ3v) is 3.02. The lowest BCUT2D eigenvalue weighted by Gasteiger charge is -2.23. The van der Waals surface area contributed by atoms with E-state index in [4.69, 9.17) is 23.2 Å². The standard InChI is InChI=1S/C10H12Cl2N2/c1-7-3-2-4-14(7)8-5-9(11)13-10(12)6-8/h5-7H,2-4H2,1H3/t7-/m1/s1. The number of anilines is 1. The van der Waals surface area contributed by atoms with E-state index in [1.54, 1.807) is 0 Å². The fourth-order valence-electron chi connectivity index (χ4n) is 1.93. The normalized spacial score (nSPS) is 21.6. The maximum Gasteiger partial charge on any atom is 0.132 e. The van der Waals surface area contributed by atoms with Crippen LogP contribution in [0.2, 0.25) is 10.3 Å². The van der Waals surface area contributed by atoms with E-state index in [1.165, 1.54) is 12.8 Å². The molecule has 2 nitrogen and oxygen atoms in total. The molecule has 14 heavy (non-hydrogen) atoms. The average molecular weight is 231 g/mol. The van der Waals surface area contributed by atoms with Crippen LogP contribution in [0.1, 0.15) is 19.8 Å². The zero-order chi connectivity index (χ0) is 10.1. The summed E-state index contributed by atoms with van der Waals surface area (Å²) < 4.78 is 0. The van der Waals surface area contributed by atoms with Gasteiger partial charge < -0.3 is 4.90 Å². The Balaban J connectivity index is 2.31. The molecular weight excluding hydrogens is 219 g/mol. The summed E-state index contributed by atoms with van der Waals surface area (Å²) in [4.78, 5) is 6.25. The summed E-state index contributed by atoms with van der Waals surface area (Å²) in [6.07, 6.45) is 2.47. The van der Waals surface area contributed by atoms with Crippen LogP contribution in [0.3, 0.4) is 0 Å². The Kier molecular flexibility index (Phi) is 2.84. The Morgan fingerprint density at radius 3 is 2.50 bits per heavy atom. The predicted octanol–water partition coefficient (Wildman–Crippen LogP) is 3.38. The zero-order valence-corrected chi connectivity index (χ0v) is 9.52. The first-order valence-corrected chi connectivity index (χ1v) is 5.52. The summed E-state index contributed by atoms with van der Waals surface area (Å²) in [7, 11) is 0. The molecule has 1 fully saturated rings. The van der Waals surface area contributed by atoms with Gasteiger partial charge in [0.1, 0.15) is 10.3 Å².